The second kappa shape index (κ2) is 8.50. The summed E-state index contributed by atoms with van der Waals surface area (Å²) in [6, 6.07) is 5.00. The Balaban J connectivity index is 1.52. The highest BCUT2D eigenvalue weighted by molar-refractivity contribution is 7.89. The Morgan fingerprint density at radius 3 is 2.70 bits per heavy atom. The highest BCUT2D eigenvalue weighted by Gasteiger charge is 2.17. The van der Waals surface area contributed by atoms with Crippen molar-refractivity contribution in [1.82, 2.24) is 9.71 Å². The second-order valence-electron chi connectivity index (χ2n) is 6.89. The summed E-state index contributed by atoms with van der Waals surface area (Å²) in [6.45, 7) is 3.85. The normalized spacial score (nSPS) is 14.4. The van der Waals surface area contributed by atoms with Gasteiger partial charge in [-0.2, -0.15) is 0 Å². The maximum Gasteiger partial charge on any atom is 0.240 e. The van der Waals surface area contributed by atoms with Crippen LogP contribution in [-0.4, -0.2) is 25.9 Å². The highest BCUT2D eigenvalue weighted by atomic mass is 32.2. The van der Waals surface area contributed by atoms with Gasteiger partial charge in [-0.3, -0.25) is 4.79 Å². The number of amides is 1. The SMILES string of the molecule is Cc1ccc(S(=O)(=O)NCCC(=O)Nc2nc3c(s2)CCCCC3)cc1C. The number of hydrogen-bond donors (Lipinski definition) is 2. The van der Waals surface area contributed by atoms with Crippen LogP contribution >= 0.6 is 11.3 Å². The molecule has 0 saturated carbocycles. The molecular weight excluding hydrogens is 382 g/mol. The summed E-state index contributed by atoms with van der Waals surface area (Å²) in [5.74, 6) is -0.235. The topological polar surface area (TPSA) is 88.2 Å². The molecule has 1 heterocycles. The van der Waals surface area contributed by atoms with E-state index in [4.69, 9.17) is 0 Å². The van der Waals surface area contributed by atoms with Crippen molar-refractivity contribution >= 4 is 32.4 Å². The van der Waals surface area contributed by atoms with Gasteiger partial charge >= 0.3 is 0 Å². The predicted octanol–water partition coefficient (Wildman–Crippen LogP) is 3.34. The van der Waals surface area contributed by atoms with Crippen molar-refractivity contribution in [3.63, 3.8) is 0 Å². The number of thiazole rings is 1. The molecule has 27 heavy (non-hydrogen) atoms. The summed E-state index contributed by atoms with van der Waals surface area (Å²) in [5.41, 5.74) is 3.05. The van der Waals surface area contributed by atoms with E-state index in [2.05, 4.69) is 15.0 Å². The van der Waals surface area contributed by atoms with Gasteiger partial charge in [0.2, 0.25) is 15.9 Å². The van der Waals surface area contributed by atoms with E-state index in [0.717, 1.165) is 36.1 Å². The Morgan fingerprint density at radius 2 is 1.93 bits per heavy atom. The molecule has 8 heteroatoms. The Morgan fingerprint density at radius 1 is 1.15 bits per heavy atom. The number of carbonyl (C=O) groups is 1. The summed E-state index contributed by atoms with van der Waals surface area (Å²) >= 11 is 1.53. The molecule has 2 aromatic rings. The molecule has 0 fully saturated rings. The van der Waals surface area contributed by atoms with E-state index in [1.54, 1.807) is 18.2 Å². The lowest BCUT2D eigenvalue weighted by atomic mass is 10.1. The van der Waals surface area contributed by atoms with Crippen molar-refractivity contribution in [3.8, 4) is 0 Å². The fourth-order valence-electron chi connectivity index (χ4n) is 3.03. The lowest BCUT2D eigenvalue weighted by molar-refractivity contribution is -0.116. The molecular formula is C19H25N3O3S2. The van der Waals surface area contributed by atoms with Gasteiger partial charge in [0, 0.05) is 17.8 Å². The average molecular weight is 408 g/mol. The van der Waals surface area contributed by atoms with Crippen LogP contribution in [-0.2, 0) is 27.7 Å². The van der Waals surface area contributed by atoms with E-state index in [0.29, 0.717) is 5.13 Å². The molecule has 2 N–H and O–H groups in total. The summed E-state index contributed by atoms with van der Waals surface area (Å²) in [4.78, 5) is 18.1. The van der Waals surface area contributed by atoms with Crippen molar-refractivity contribution < 1.29 is 13.2 Å². The van der Waals surface area contributed by atoms with E-state index in [1.165, 1.54) is 29.1 Å². The predicted molar refractivity (Wildman–Crippen MR) is 108 cm³/mol. The van der Waals surface area contributed by atoms with E-state index < -0.39 is 10.0 Å². The van der Waals surface area contributed by atoms with Gasteiger partial charge in [0.15, 0.2) is 5.13 Å². The largest absolute Gasteiger partial charge is 0.302 e. The summed E-state index contributed by atoms with van der Waals surface area (Å²) < 4.78 is 27.2. The first kappa shape index (κ1) is 20.0. The molecule has 146 valence electrons. The van der Waals surface area contributed by atoms with Crippen LogP contribution in [0.4, 0.5) is 5.13 Å². The number of sulfonamides is 1. The zero-order chi connectivity index (χ0) is 19.4. The number of rotatable bonds is 6. The van der Waals surface area contributed by atoms with Crippen molar-refractivity contribution in [1.29, 1.82) is 0 Å². The lowest BCUT2D eigenvalue weighted by Gasteiger charge is -2.08. The van der Waals surface area contributed by atoms with E-state index in [1.807, 2.05) is 13.8 Å². The van der Waals surface area contributed by atoms with Crippen LogP contribution < -0.4 is 10.0 Å². The van der Waals surface area contributed by atoms with Crippen LogP contribution in [0.1, 0.15) is 47.4 Å². The minimum atomic E-state index is -3.62. The van der Waals surface area contributed by atoms with Gasteiger partial charge in [0.25, 0.3) is 0 Å². The number of benzene rings is 1. The van der Waals surface area contributed by atoms with Crippen molar-refractivity contribution in [2.45, 2.75) is 57.3 Å². The molecule has 0 unspecified atom stereocenters. The summed E-state index contributed by atoms with van der Waals surface area (Å²) in [7, 11) is -3.62. The van der Waals surface area contributed by atoms with Crippen molar-refractivity contribution in [2.75, 3.05) is 11.9 Å². The molecule has 0 spiro atoms. The van der Waals surface area contributed by atoms with Crippen LogP contribution in [0.2, 0.25) is 0 Å². The Kier molecular flexibility index (Phi) is 6.29. The zero-order valence-corrected chi connectivity index (χ0v) is 17.3. The smallest absolute Gasteiger partial charge is 0.240 e. The highest BCUT2D eigenvalue weighted by Crippen LogP contribution is 2.28. The minimum Gasteiger partial charge on any atom is -0.302 e. The third kappa shape index (κ3) is 5.15. The van der Waals surface area contributed by atoms with Crippen LogP contribution in [0.5, 0.6) is 0 Å². The molecule has 0 radical (unpaired) electrons. The molecule has 3 rings (SSSR count). The second-order valence-corrected chi connectivity index (χ2v) is 9.74. The first-order valence-electron chi connectivity index (χ1n) is 9.20. The Labute approximate surface area is 164 Å². The van der Waals surface area contributed by atoms with Gasteiger partial charge in [0.1, 0.15) is 0 Å². The molecule has 0 atom stereocenters. The molecule has 0 aliphatic heterocycles. The molecule has 1 amide bonds. The van der Waals surface area contributed by atoms with Gasteiger partial charge in [-0.1, -0.05) is 12.5 Å². The van der Waals surface area contributed by atoms with Crippen LogP contribution in [0.3, 0.4) is 0 Å². The molecule has 1 aromatic carbocycles. The number of nitrogens with zero attached hydrogens (tertiary/aromatic N) is 1. The van der Waals surface area contributed by atoms with Crippen LogP contribution in [0.15, 0.2) is 23.1 Å². The summed E-state index contributed by atoms with van der Waals surface area (Å²) in [6.07, 6.45) is 5.60. The standard InChI is InChI=1S/C19H25N3O3S2/c1-13-8-9-15(12-14(13)2)27(24,25)20-11-10-18(23)22-19-21-16-6-4-3-5-7-17(16)26-19/h8-9,12,20H,3-7,10-11H2,1-2H3,(H,21,22,23). The number of aryl methyl sites for hydroxylation is 4. The minimum absolute atomic E-state index is 0.0478. The number of hydrogen-bond acceptors (Lipinski definition) is 5. The van der Waals surface area contributed by atoms with Crippen LogP contribution in [0.25, 0.3) is 0 Å². The van der Waals surface area contributed by atoms with E-state index in [-0.39, 0.29) is 23.8 Å². The number of nitrogens with one attached hydrogen (secondary N) is 2. The Hall–Kier alpha value is -1.77. The quantitative estimate of drug-likeness (QED) is 0.719. The van der Waals surface area contributed by atoms with Gasteiger partial charge in [-0.25, -0.2) is 18.1 Å². The first-order valence-corrected chi connectivity index (χ1v) is 11.5. The van der Waals surface area contributed by atoms with E-state index >= 15 is 0 Å². The first-order chi connectivity index (χ1) is 12.8. The van der Waals surface area contributed by atoms with E-state index in [9.17, 15) is 13.2 Å². The van der Waals surface area contributed by atoms with Crippen molar-refractivity contribution in [2.24, 2.45) is 0 Å². The van der Waals surface area contributed by atoms with Gasteiger partial charge in [-0.15, -0.1) is 11.3 Å². The fraction of sp³-hybridized carbons (Fsp3) is 0.474. The molecule has 1 aliphatic carbocycles. The van der Waals surface area contributed by atoms with Gasteiger partial charge in [-0.05, 0) is 62.8 Å². The zero-order valence-electron chi connectivity index (χ0n) is 15.7. The molecule has 0 saturated heterocycles. The maximum absolute atomic E-state index is 12.3. The van der Waals surface area contributed by atoms with Crippen molar-refractivity contribution in [3.05, 3.63) is 39.9 Å². The third-order valence-electron chi connectivity index (χ3n) is 4.77. The monoisotopic (exact) mass is 407 g/mol. The lowest BCUT2D eigenvalue weighted by Crippen LogP contribution is -2.28. The van der Waals surface area contributed by atoms with Crippen LogP contribution in [0, 0.1) is 13.8 Å². The van der Waals surface area contributed by atoms with Gasteiger partial charge < -0.3 is 5.32 Å². The number of anilines is 1. The maximum atomic E-state index is 12.3. The van der Waals surface area contributed by atoms with Gasteiger partial charge in [0.05, 0.1) is 10.6 Å². The molecule has 1 aromatic heterocycles. The average Bonchev–Trinajstić information content (AvgIpc) is 2.85. The number of aromatic nitrogens is 1. The molecule has 0 bridgehead atoms. The third-order valence-corrected chi connectivity index (χ3v) is 7.31. The fourth-order valence-corrected chi connectivity index (χ4v) is 5.21. The number of fused-ring (bicyclic) bond motifs is 1. The Bertz CT molecular complexity index is 912. The molecule has 6 nitrogen and oxygen atoms in total. The number of carbonyl (C=O) groups excluding carboxylic acids is 1. The summed E-state index contributed by atoms with van der Waals surface area (Å²) in [5, 5.41) is 3.41. The molecule has 1 aliphatic rings.